The lowest BCUT2D eigenvalue weighted by Gasteiger charge is -2.09. The molecule has 0 atom stereocenters. The molecule has 2 aromatic carbocycles. The van der Waals surface area contributed by atoms with Crippen LogP contribution in [0.15, 0.2) is 59.5 Å². The molecule has 1 N–H and O–H groups in total. The van der Waals surface area contributed by atoms with Gasteiger partial charge in [0.15, 0.2) is 11.5 Å². The van der Waals surface area contributed by atoms with Crippen molar-refractivity contribution in [3.05, 3.63) is 71.3 Å². The van der Waals surface area contributed by atoms with Crippen LogP contribution in [0.2, 0.25) is 5.02 Å². The Morgan fingerprint density at radius 2 is 1.87 bits per heavy atom. The molecule has 0 aliphatic heterocycles. The van der Waals surface area contributed by atoms with Gasteiger partial charge in [-0.2, -0.15) is 4.52 Å². The maximum absolute atomic E-state index is 13.7. The summed E-state index contributed by atoms with van der Waals surface area (Å²) in [4.78, 5) is -0.777. The second-order valence-electron chi connectivity index (χ2n) is 6.27. The maximum atomic E-state index is 13.7. The first-order valence-corrected chi connectivity index (χ1v) is 10.8. The van der Waals surface area contributed by atoms with Gasteiger partial charge in [0.25, 0.3) is 0 Å². The molecule has 2 heterocycles. The predicted molar refractivity (Wildman–Crippen MR) is 108 cm³/mol. The van der Waals surface area contributed by atoms with E-state index in [1.807, 2.05) is 0 Å². The quantitative estimate of drug-likeness (QED) is 0.421. The summed E-state index contributed by atoms with van der Waals surface area (Å²) < 4.78 is 60.4. The second-order valence-corrected chi connectivity index (χ2v) is 8.41. The summed E-state index contributed by atoms with van der Waals surface area (Å²) in [7, 11) is -4.25. The smallest absolute Gasteiger partial charge is 0.243 e. The fourth-order valence-electron chi connectivity index (χ4n) is 2.75. The van der Waals surface area contributed by atoms with Gasteiger partial charge >= 0.3 is 0 Å². The fraction of sp³-hybridized carbons (Fsp3) is 0.105. The number of fused-ring (bicyclic) bond motifs is 1. The van der Waals surface area contributed by atoms with E-state index in [0.717, 1.165) is 12.1 Å². The molecule has 0 amide bonds. The molecule has 4 aromatic rings. The zero-order valence-electron chi connectivity index (χ0n) is 15.7. The minimum Gasteiger partial charge on any atom is -0.475 e. The summed E-state index contributed by atoms with van der Waals surface area (Å²) in [5.74, 6) is -1.33. The summed E-state index contributed by atoms with van der Waals surface area (Å²) in [6.45, 7) is -0.310. The highest BCUT2D eigenvalue weighted by Gasteiger charge is 2.19. The molecule has 0 spiro atoms. The molecule has 0 fully saturated rings. The standard InChI is InChI=1S/C19H14ClF2N5O3S/c20-14-4-2-1-3-13(14)19-25-24-17-7-8-18(26-27(17)19)30-10-9-23-31(28,29)16-11-12(21)5-6-15(16)22/h1-8,11,23H,9-10H2. The SMILES string of the molecule is O=S(=O)(NCCOc1ccc2nnc(-c3ccccc3Cl)n2n1)c1cc(F)ccc1F. The number of aromatic nitrogens is 4. The van der Waals surface area contributed by atoms with Crippen LogP contribution < -0.4 is 9.46 Å². The summed E-state index contributed by atoms with van der Waals surface area (Å²) in [6.07, 6.45) is 0. The Morgan fingerprint density at radius 3 is 2.68 bits per heavy atom. The van der Waals surface area contributed by atoms with E-state index in [1.54, 1.807) is 36.4 Å². The molecule has 0 radical (unpaired) electrons. The number of rotatable bonds is 7. The van der Waals surface area contributed by atoms with Gasteiger partial charge in [-0.25, -0.2) is 21.9 Å². The van der Waals surface area contributed by atoms with E-state index < -0.39 is 26.6 Å². The van der Waals surface area contributed by atoms with E-state index in [2.05, 4.69) is 20.0 Å². The minimum atomic E-state index is -4.25. The van der Waals surface area contributed by atoms with Crippen molar-refractivity contribution in [1.29, 1.82) is 0 Å². The van der Waals surface area contributed by atoms with Gasteiger partial charge in [0.1, 0.15) is 23.1 Å². The maximum Gasteiger partial charge on any atom is 0.243 e. The molecule has 4 rings (SSSR count). The zero-order chi connectivity index (χ0) is 22.0. The van der Waals surface area contributed by atoms with Crippen molar-refractivity contribution < 1.29 is 21.9 Å². The molecule has 0 bridgehead atoms. The van der Waals surface area contributed by atoms with Crippen molar-refractivity contribution >= 4 is 27.3 Å². The van der Waals surface area contributed by atoms with Gasteiger partial charge in [0, 0.05) is 18.2 Å². The third-order valence-electron chi connectivity index (χ3n) is 4.18. The Labute approximate surface area is 180 Å². The molecule has 12 heteroatoms. The van der Waals surface area contributed by atoms with E-state index in [1.165, 1.54) is 4.52 Å². The number of hydrogen-bond acceptors (Lipinski definition) is 6. The van der Waals surface area contributed by atoms with E-state index in [0.29, 0.717) is 28.1 Å². The molecule has 2 aromatic heterocycles. The summed E-state index contributed by atoms with van der Waals surface area (Å²) in [6, 6.07) is 12.4. The summed E-state index contributed by atoms with van der Waals surface area (Å²) >= 11 is 6.22. The van der Waals surface area contributed by atoms with Crippen LogP contribution in [0.25, 0.3) is 17.0 Å². The second kappa shape index (κ2) is 8.53. The van der Waals surface area contributed by atoms with Crippen molar-refractivity contribution in [1.82, 2.24) is 24.5 Å². The minimum absolute atomic E-state index is 0.113. The highest BCUT2D eigenvalue weighted by atomic mass is 35.5. The van der Waals surface area contributed by atoms with Gasteiger partial charge in [-0.3, -0.25) is 0 Å². The van der Waals surface area contributed by atoms with E-state index in [-0.39, 0.29) is 19.0 Å². The van der Waals surface area contributed by atoms with Crippen molar-refractivity contribution in [2.45, 2.75) is 4.90 Å². The molecule has 160 valence electrons. The van der Waals surface area contributed by atoms with Crippen molar-refractivity contribution in [3.63, 3.8) is 0 Å². The number of halogens is 3. The molecular weight excluding hydrogens is 452 g/mol. The Morgan fingerprint density at radius 1 is 1.06 bits per heavy atom. The number of benzene rings is 2. The number of nitrogens with zero attached hydrogens (tertiary/aromatic N) is 4. The van der Waals surface area contributed by atoms with Crippen LogP contribution in [-0.4, -0.2) is 41.4 Å². The van der Waals surface area contributed by atoms with Crippen LogP contribution in [0.5, 0.6) is 5.88 Å². The molecule has 0 unspecified atom stereocenters. The average molecular weight is 466 g/mol. The molecular formula is C19H14ClF2N5O3S. The highest BCUT2D eigenvalue weighted by molar-refractivity contribution is 7.89. The Kier molecular flexibility index (Phi) is 5.81. The van der Waals surface area contributed by atoms with Gasteiger partial charge in [0.2, 0.25) is 15.9 Å². The highest BCUT2D eigenvalue weighted by Crippen LogP contribution is 2.26. The van der Waals surface area contributed by atoms with Crippen LogP contribution in [-0.2, 0) is 10.0 Å². The largest absolute Gasteiger partial charge is 0.475 e. The average Bonchev–Trinajstić information content (AvgIpc) is 3.16. The molecule has 0 saturated carbocycles. The van der Waals surface area contributed by atoms with Crippen LogP contribution in [0.3, 0.4) is 0 Å². The lowest BCUT2D eigenvalue weighted by molar-refractivity contribution is 0.306. The molecule has 0 aliphatic carbocycles. The van der Waals surface area contributed by atoms with E-state index in [9.17, 15) is 17.2 Å². The lowest BCUT2D eigenvalue weighted by atomic mass is 10.2. The normalized spacial score (nSPS) is 11.7. The van der Waals surface area contributed by atoms with Gasteiger partial charge < -0.3 is 4.74 Å². The fourth-order valence-corrected chi connectivity index (χ4v) is 4.07. The van der Waals surface area contributed by atoms with Gasteiger partial charge in [0.05, 0.1) is 5.02 Å². The molecule has 31 heavy (non-hydrogen) atoms. The number of ether oxygens (including phenoxy) is 1. The Balaban J connectivity index is 1.46. The van der Waals surface area contributed by atoms with Gasteiger partial charge in [-0.15, -0.1) is 15.3 Å². The molecule has 0 saturated heterocycles. The lowest BCUT2D eigenvalue weighted by Crippen LogP contribution is -2.29. The third-order valence-corrected chi connectivity index (χ3v) is 5.99. The molecule has 8 nitrogen and oxygen atoms in total. The zero-order valence-corrected chi connectivity index (χ0v) is 17.2. The van der Waals surface area contributed by atoms with Crippen molar-refractivity contribution in [2.24, 2.45) is 0 Å². The number of nitrogens with one attached hydrogen (secondary N) is 1. The van der Waals surface area contributed by atoms with Gasteiger partial charge in [-0.05, 0) is 36.4 Å². The third kappa shape index (κ3) is 4.48. The first-order valence-electron chi connectivity index (χ1n) is 8.90. The summed E-state index contributed by atoms with van der Waals surface area (Å²) in [5, 5.41) is 12.9. The number of sulfonamides is 1. The summed E-state index contributed by atoms with van der Waals surface area (Å²) in [5.41, 5.74) is 1.09. The Bertz CT molecular complexity index is 1360. The topological polar surface area (TPSA) is 98.5 Å². The first kappa shape index (κ1) is 21.1. The first-order chi connectivity index (χ1) is 14.8. The van der Waals surface area contributed by atoms with E-state index >= 15 is 0 Å². The van der Waals surface area contributed by atoms with Crippen LogP contribution in [0.1, 0.15) is 0 Å². The van der Waals surface area contributed by atoms with E-state index in [4.69, 9.17) is 16.3 Å². The Hall–Kier alpha value is -3.15. The van der Waals surface area contributed by atoms with Crippen LogP contribution >= 0.6 is 11.6 Å². The monoisotopic (exact) mass is 465 g/mol. The number of hydrogen-bond donors (Lipinski definition) is 1. The van der Waals surface area contributed by atoms with Crippen molar-refractivity contribution in [2.75, 3.05) is 13.2 Å². The van der Waals surface area contributed by atoms with Crippen molar-refractivity contribution in [3.8, 4) is 17.3 Å². The molecule has 0 aliphatic rings. The van der Waals surface area contributed by atoms with Gasteiger partial charge in [-0.1, -0.05) is 23.7 Å². The van der Waals surface area contributed by atoms with Crippen LogP contribution in [0, 0.1) is 11.6 Å². The predicted octanol–water partition coefficient (Wildman–Crippen LogP) is 3.08. The van der Waals surface area contributed by atoms with Crippen LogP contribution in [0.4, 0.5) is 8.78 Å².